The molecule has 24 heavy (non-hydrogen) atoms. The monoisotopic (exact) mass is 385 g/mol. The van der Waals surface area contributed by atoms with Gasteiger partial charge in [0.1, 0.15) is 10.8 Å². The molecule has 128 valence electrons. The third kappa shape index (κ3) is 3.08. The first-order valence-electron chi connectivity index (χ1n) is 7.52. The largest absolute Gasteiger partial charge is 0.491 e. The van der Waals surface area contributed by atoms with Crippen molar-refractivity contribution in [3.05, 3.63) is 27.7 Å². The number of thiol groups is 1. The maximum absolute atomic E-state index is 6.22. The van der Waals surface area contributed by atoms with Crippen LogP contribution in [0.3, 0.4) is 0 Å². The van der Waals surface area contributed by atoms with E-state index in [9.17, 15) is 0 Å². The van der Waals surface area contributed by atoms with E-state index in [4.69, 9.17) is 32.5 Å². The highest BCUT2D eigenvalue weighted by molar-refractivity contribution is 7.80. The molecule has 2 aromatic rings. The average molecular weight is 386 g/mol. The molecule has 5 nitrogen and oxygen atoms in total. The van der Waals surface area contributed by atoms with Crippen LogP contribution in [0.4, 0.5) is 0 Å². The fourth-order valence-electron chi connectivity index (χ4n) is 2.48. The molecule has 0 unspecified atom stereocenters. The van der Waals surface area contributed by atoms with Crippen LogP contribution in [-0.4, -0.2) is 39.0 Å². The Labute approximate surface area is 156 Å². The van der Waals surface area contributed by atoms with Crippen LogP contribution in [0, 0.1) is 0 Å². The molecule has 0 atom stereocenters. The van der Waals surface area contributed by atoms with Crippen molar-refractivity contribution >= 4 is 60.1 Å². The number of hydrogen-bond acceptors (Lipinski definition) is 5. The molecule has 0 spiro atoms. The van der Waals surface area contributed by atoms with Crippen molar-refractivity contribution in [1.29, 1.82) is 0 Å². The first-order valence-corrected chi connectivity index (χ1v) is 8.90. The van der Waals surface area contributed by atoms with Crippen LogP contribution >= 0.6 is 35.8 Å². The summed E-state index contributed by atoms with van der Waals surface area (Å²) in [5, 5.41) is 1.10. The minimum absolute atomic E-state index is 0.102. The molecular weight excluding hydrogens is 368 g/mol. The minimum atomic E-state index is -0.468. The Kier molecular flexibility index (Phi) is 4.68. The van der Waals surface area contributed by atoms with Crippen molar-refractivity contribution in [1.82, 2.24) is 15.0 Å². The van der Waals surface area contributed by atoms with E-state index in [0.717, 1.165) is 11.0 Å². The summed E-state index contributed by atoms with van der Waals surface area (Å²) in [6.45, 7) is 8.06. The van der Waals surface area contributed by atoms with Gasteiger partial charge in [-0.25, -0.2) is 4.98 Å². The summed E-state index contributed by atoms with van der Waals surface area (Å²) in [5.41, 5.74) is 1.50. The predicted molar refractivity (Wildman–Crippen MR) is 102 cm³/mol. The van der Waals surface area contributed by atoms with E-state index in [-0.39, 0.29) is 5.28 Å². The number of aromatic nitrogens is 3. The Bertz CT molecular complexity index is 806. The summed E-state index contributed by atoms with van der Waals surface area (Å²) < 4.78 is 12.2. The highest BCUT2D eigenvalue weighted by atomic mass is 35.5. The lowest BCUT2D eigenvalue weighted by Gasteiger charge is -2.32. The van der Waals surface area contributed by atoms with Crippen LogP contribution in [-0.2, 0) is 9.31 Å². The van der Waals surface area contributed by atoms with Gasteiger partial charge in [-0.05, 0) is 44.8 Å². The lowest BCUT2D eigenvalue weighted by molar-refractivity contribution is 0.00578. The van der Waals surface area contributed by atoms with Crippen LogP contribution in [0.25, 0.3) is 17.1 Å². The predicted octanol–water partition coefficient (Wildman–Crippen LogP) is 4.21. The van der Waals surface area contributed by atoms with Crippen LogP contribution in [0.1, 0.15) is 33.3 Å². The third-order valence-electron chi connectivity index (χ3n) is 4.57. The zero-order valence-corrected chi connectivity index (χ0v) is 16.3. The second kappa shape index (κ2) is 6.22. The molecule has 3 rings (SSSR count). The summed E-state index contributed by atoms with van der Waals surface area (Å²) in [4.78, 5) is 11.2. The van der Waals surface area contributed by atoms with Crippen molar-refractivity contribution in [2.24, 2.45) is 0 Å². The normalized spacial score (nSPS) is 20.1. The van der Waals surface area contributed by atoms with E-state index in [1.807, 2.05) is 33.8 Å². The van der Waals surface area contributed by atoms with Gasteiger partial charge in [0.25, 0.3) is 0 Å². The van der Waals surface area contributed by atoms with Crippen molar-refractivity contribution < 1.29 is 9.31 Å². The Morgan fingerprint density at radius 1 is 1.25 bits per heavy atom. The maximum atomic E-state index is 6.22. The van der Waals surface area contributed by atoms with Crippen LogP contribution in [0.15, 0.2) is 11.7 Å². The van der Waals surface area contributed by atoms with Crippen LogP contribution in [0.2, 0.25) is 10.4 Å². The molecule has 1 aliphatic rings. The smallest absolute Gasteiger partial charge is 0.400 e. The fourth-order valence-corrected chi connectivity index (χ4v) is 3.21. The molecule has 0 radical (unpaired) electrons. The lowest BCUT2D eigenvalue weighted by atomic mass is 9.78. The molecular formula is C15H18BCl2N3O2S. The summed E-state index contributed by atoms with van der Waals surface area (Å²) >= 11 is 16.5. The Morgan fingerprint density at radius 3 is 2.46 bits per heavy atom. The topological polar surface area (TPSA) is 60.0 Å². The molecule has 2 aromatic heterocycles. The molecule has 0 bridgehead atoms. The Morgan fingerprint density at radius 2 is 1.88 bits per heavy atom. The number of nitrogens with one attached hydrogen (secondary N) is 1. The van der Waals surface area contributed by atoms with Gasteiger partial charge in [-0.1, -0.05) is 17.7 Å². The Hall–Kier alpha value is -0.725. The van der Waals surface area contributed by atoms with E-state index in [1.165, 1.54) is 0 Å². The minimum Gasteiger partial charge on any atom is -0.400 e. The molecule has 1 N–H and O–H groups in total. The van der Waals surface area contributed by atoms with Gasteiger partial charge >= 0.3 is 7.12 Å². The fraction of sp³-hybridized carbons (Fsp3) is 0.467. The number of halogens is 2. The molecule has 9 heteroatoms. The number of aromatic amines is 1. The maximum Gasteiger partial charge on any atom is 0.491 e. The van der Waals surface area contributed by atoms with Crippen molar-refractivity contribution in [3.63, 3.8) is 0 Å². The standard InChI is InChI=1S/C15H18BCl2N3O2S/c1-14(2)15(3,4)23-16(22-14)9(7-24)5-8-6-19-12-10(8)11(17)20-13(18)21-12/h5-6,24H,7H2,1-4H3,(H,19,20,21). The number of H-pyrrole nitrogens is 1. The van der Waals surface area contributed by atoms with E-state index in [0.29, 0.717) is 21.9 Å². The van der Waals surface area contributed by atoms with Gasteiger partial charge in [-0.3, -0.25) is 0 Å². The average Bonchev–Trinajstić information content (AvgIpc) is 2.94. The summed E-state index contributed by atoms with van der Waals surface area (Å²) in [6, 6.07) is 0. The second-order valence-electron chi connectivity index (χ2n) is 6.72. The van der Waals surface area contributed by atoms with Gasteiger partial charge in [-0.15, -0.1) is 0 Å². The van der Waals surface area contributed by atoms with E-state index < -0.39 is 18.3 Å². The molecule has 1 fully saturated rings. The second-order valence-corrected chi connectivity index (χ2v) is 7.73. The van der Waals surface area contributed by atoms with Gasteiger partial charge in [-0.2, -0.15) is 17.6 Å². The van der Waals surface area contributed by atoms with Gasteiger partial charge in [0.05, 0.1) is 16.6 Å². The van der Waals surface area contributed by atoms with Crippen molar-refractivity contribution in [2.75, 3.05) is 5.75 Å². The molecule has 0 aromatic carbocycles. The van der Waals surface area contributed by atoms with E-state index >= 15 is 0 Å². The van der Waals surface area contributed by atoms with E-state index in [1.54, 1.807) is 6.20 Å². The zero-order chi connectivity index (χ0) is 17.7. The first kappa shape index (κ1) is 18.1. The third-order valence-corrected chi connectivity index (χ3v) is 5.38. The Balaban J connectivity index is 2.01. The van der Waals surface area contributed by atoms with Crippen LogP contribution < -0.4 is 0 Å². The molecule has 1 saturated heterocycles. The molecule has 0 saturated carbocycles. The lowest BCUT2D eigenvalue weighted by Crippen LogP contribution is -2.41. The quantitative estimate of drug-likeness (QED) is 0.359. The summed E-state index contributed by atoms with van der Waals surface area (Å²) in [6.07, 6.45) is 3.74. The molecule has 1 aliphatic heterocycles. The number of fused-ring (bicyclic) bond motifs is 1. The number of hydrogen-bond donors (Lipinski definition) is 2. The van der Waals surface area contributed by atoms with Gasteiger partial charge in [0.2, 0.25) is 5.28 Å². The number of nitrogens with zero attached hydrogens (tertiary/aromatic N) is 2. The number of rotatable bonds is 3. The van der Waals surface area contributed by atoms with Crippen molar-refractivity contribution in [3.8, 4) is 0 Å². The van der Waals surface area contributed by atoms with E-state index in [2.05, 4.69) is 27.6 Å². The SMILES string of the molecule is CC1(C)OB(C(=Cc2c[nH]c3nc(Cl)nc(Cl)c23)CS)OC1(C)C. The summed E-state index contributed by atoms with van der Waals surface area (Å²) in [7, 11) is -0.468. The van der Waals surface area contributed by atoms with Gasteiger partial charge in [0, 0.05) is 17.5 Å². The van der Waals surface area contributed by atoms with Crippen LogP contribution in [0.5, 0.6) is 0 Å². The molecule has 0 aliphatic carbocycles. The zero-order valence-electron chi connectivity index (χ0n) is 13.9. The highest BCUT2D eigenvalue weighted by Gasteiger charge is 2.52. The summed E-state index contributed by atoms with van der Waals surface area (Å²) in [5.74, 6) is 0.482. The van der Waals surface area contributed by atoms with Crippen molar-refractivity contribution in [2.45, 2.75) is 38.9 Å². The highest BCUT2D eigenvalue weighted by Crippen LogP contribution is 2.39. The molecule has 0 amide bonds. The van der Waals surface area contributed by atoms with Gasteiger partial charge in [0.15, 0.2) is 0 Å². The first-order chi connectivity index (χ1) is 11.1. The molecule has 3 heterocycles. The van der Waals surface area contributed by atoms with Gasteiger partial charge < -0.3 is 14.3 Å².